The third-order valence-corrected chi connectivity index (χ3v) is 4.39. The van der Waals surface area contributed by atoms with Crippen LogP contribution in [0, 0.1) is 57.7 Å². The van der Waals surface area contributed by atoms with Crippen molar-refractivity contribution >= 4 is 0 Å². The van der Waals surface area contributed by atoms with Crippen molar-refractivity contribution < 1.29 is 19.7 Å². The van der Waals surface area contributed by atoms with E-state index in [4.69, 9.17) is 0 Å². The lowest BCUT2D eigenvalue weighted by Crippen LogP contribution is -2.68. The van der Waals surface area contributed by atoms with Crippen LogP contribution >= 0.6 is 0 Å². The first-order valence-electron chi connectivity index (χ1n) is 6.26. The van der Waals surface area contributed by atoms with E-state index < -0.39 is 49.3 Å². The van der Waals surface area contributed by atoms with Crippen LogP contribution < -0.4 is 0 Å². The second-order valence-electron chi connectivity index (χ2n) is 5.49. The van der Waals surface area contributed by atoms with Crippen molar-refractivity contribution in [3.63, 3.8) is 0 Å². The molecule has 0 amide bonds. The fourth-order valence-electron chi connectivity index (χ4n) is 3.37. The summed E-state index contributed by atoms with van der Waals surface area (Å²) < 4.78 is 0. The quantitative estimate of drug-likeness (QED) is 0.355. The Morgan fingerprint density at radius 1 is 0.762 bits per heavy atom. The van der Waals surface area contributed by atoms with Crippen LogP contribution in [0.2, 0.25) is 0 Å². The fraction of sp³-hybridized carbons (Fsp3) is 1.00. The average Bonchev–Trinajstić information content (AvgIpc) is 3.19. The van der Waals surface area contributed by atoms with E-state index in [1.807, 2.05) is 0 Å². The van der Waals surface area contributed by atoms with Gasteiger partial charge in [0.25, 0.3) is 5.41 Å². The molecule has 116 valence electrons. The molecule has 2 aliphatic carbocycles. The van der Waals surface area contributed by atoms with Crippen LogP contribution in [0.4, 0.5) is 0 Å². The molecule has 12 nitrogen and oxygen atoms in total. The van der Waals surface area contributed by atoms with E-state index in [2.05, 4.69) is 0 Å². The summed E-state index contributed by atoms with van der Waals surface area (Å²) in [5.74, 6) is -5.24. The van der Waals surface area contributed by atoms with E-state index >= 15 is 0 Å². The van der Waals surface area contributed by atoms with Gasteiger partial charge < -0.3 is 0 Å². The molecule has 0 aromatic carbocycles. The lowest BCUT2D eigenvalue weighted by Gasteiger charge is -2.28. The zero-order chi connectivity index (χ0) is 16.0. The van der Waals surface area contributed by atoms with Crippen molar-refractivity contribution in [1.82, 2.24) is 0 Å². The molecule has 0 aromatic heterocycles. The van der Waals surface area contributed by atoms with Crippen LogP contribution in [0.3, 0.4) is 0 Å². The molecule has 0 aromatic rings. The molecule has 0 radical (unpaired) electrons. The van der Waals surface area contributed by atoms with Gasteiger partial charge in [-0.15, -0.1) is 0 Å². The number of hydrogen-bond acceptors (Lipinski definition) is 8. The minimum Gasteiger partial charge on any atom is -0.265 e. The number of nitro groups is 4. The highest BCUT2D eigenvalue weighted by Crippen LogP contribution is 2.63. The van der Waals surface area contributed by atoms with Crippen LogP contribution in [-0.2, 0) is 0 Å². The first-order chi connectivity index (χ1) is 9.71. The summed E-state index contributed by atoms with van der Waals surface area (Å²) in [7, 11) is 0. The molecule has 0 aliphatic heterocycles. The highest BCUT2D eigenvalue weighted by Gasteiger charge is 2.92. The number of nitrogens with zero attached hydrogens (tertiary/aromatic N) is 4. The van der Waals surface area contributed by atoms with Crippen LogP contribution in [-0.4, -0.2) is 32.0 Å². The Balaban J connectivity index is 2.70. The zero-order valence-electron chi connectivity index (χ0n) is 10.7. The van der Waals surface area contributed by atoms with Gasteiger partial charge in [-0.2, -0.15) is 0 Å². The van der Waals surface area contributed by atoms with Crippen molar-refractivity contribution in [3.05, 3.63) is 40.5 Å². The maximum Gasteiger partial charge on any atom is 0.712 e. The van der Waals surface area contributed by atoms with Crippen molar-refractivity contribution in [1.29, 1.82) is 0 Å². The summed E-state index contributed by atoms with van der Waals surface area (Å²) in [5.41, 5.74) is -2.17. The van der Waals surface area contributed by atoms with Gasteiger partial charge in [0, 0.05) is 4.92 Å². The second kappa shape index (κ2) is 4.56. The van der Waals surface area contributed by atoms with Gasteiger partial charge in [0.05, 0.1) is 0 Å². The first-order valence-corrected chi connectivity index (χ1v) is 6.26. The lowest BCUT2D eigenvalue weighted by atomic mass is 9.71. The molecule has 21 heavy (non-hydrogen) atoms. The molecule has 0 spiro atoms. The zero-order valence-corrected chi connectivity index (χ0v) is 10.7. The Hall–Kier alpha value is -2.40. The highest BCUT2D eigenvalue weighted by molar-refractivity contribution is 5.07. The monoisotopic (exact) mass is 304 g/mol. The predicted molar refractivity (Wildman–Crippen MR) is 63.5 cm³/mol. The van der Waals surface area contributed by atoms with E-state index in [-0.39, 0.29) is 0 Å². The average molecular weight is 304 g/mol. The summed E-state index contributed by atoms with van der Waals surface area (Å²) in [6, 6.07) is 0. The van der Waals surface area contributed by atoms with Crippen LogP contribution in [0.1, 0.15) is 25.7 Å². The maximum atomic E-state index is 11.3. The molecule has 0 atom stereocenters. The first kappa shape index (κ1) is 15.0. The van der Waals surface area contributed by atoms with E-state index in [9.17, 15) is 40.5 Å². The molecule has 0 N–H and O–H groups in total. The van der Waals surface area contributed by atoms with Crippen molar-refractivity contribution in [2.45, 2.75) is 31.5 Å². The van der Waals surface area contributed by atoms with Gasteiger partial charge in [0.15, 0.2) is 14.8 Å². The Kier molecular flexibility index (Phi) is 3.26. The minimum absolute atomic E-state index is 0.293. The number of hydrogen-bond donors (Lipinski definition) is 0. The van der Waals surface area contributed by atoms with Crippen molar-refractivity contribution in [2.24, 2.45) is 17.3 Å². The molecule has 0 bridgehead atoms. The molecule has 2 aliphatic rings. The summed E-state index contributed by atoms with van der Waals surface area (Å²) in [6.45, 7) is -1.13. The third kappa shape index (κ3) is 1.89. The summed E-state index contributed by atoms with van der Waals surface area (Å²) in [4.78, 5) is 39.2. The van der Waals surface area contributed by atoms with Crippen molar-refractivity contribution in [2.75, 3.05) is 6.54 Å². The topological polar surface area (TPSA) is 173 Å². The molecule has 2 saturated carbocycles. The van der Waals surface area contributed by atoms with Gasteiger partial charge in [-0.25, -0.2) is 0 Å². The minimum atomic E-state index is -3.76. The summed E-state index contributed by atoms with van der Waals surface area (Å²) in [5, 5.41) is 44.8. The standard InChI is InChI=1S/C9H12N4O8/c14-10(15)5-8(6-1-2-6,7-3-4-7)9(11(16)17,12(18)19)13(20)21/h6-7H,1-5H2. The molecule has 2 fully saturated rings. The molecule has 0 saturated heterocycles. The van der Waals surface area contributed by atoms with Crippen LogP contribution in [0.25, 0.3) is 0 Å². The lowest BCUT2D eigenvalue weighted by molar-refractivity contribution is -0.991. The molecule has 0 unspecified atom stereocenters. The number of rotatable bonds is 8. The van der Waals surface area contributed by atoms with Gasteiger partial charge in [0.2, 0.25) is 6.54 Å². The van der Waals surface area contributed by atoms with E-state index in [0.717, 1.165) is 0 Å². The SMILES string of the molecule is O=[N+]([O-])CC(C1CC1)(C1CC1)C([N+](=O)[O-])([N+](=O)[O-])[N+](=O)[O-]. The van der Waals surface area contributed by atoms with E-state index in [1.54, 1.807) is 0 Å². The van der Waals surface area contributed by atoms with Gasteiger partial charge in [-0.3, -0.25) is 40.5 Å². The summed E-state index contributed by atoms with van der Waals surface area (Å²) >= 11 is 0. The van der Waals surface area contributed by atoms with Gasteiger partial charge in [-0.1, -0.05) is 0 Å². The van der Waals surface area contributed by atoms with Crippen LogP contribution in [0.15, 0.2) is 0 Å². The smallest absolute Gasteiger partial charge is 0.265 e. The Morgan fingerprint density at radius 2 is 1.10 bits per heavy atom. The maximum absolute atomic E-state index is 11.3. The Labute approximate surface area is 116 Å². The second-order valence-corrected chi connectivity index (χ2v) is 5.49. The molecular weight excluding hydrogens is 292 g/mol. The van der Waals surface area contributed by atoms with Gasteiger partial charge in [0.1, 0.15) is 0 Å². The molecule has 0 heterocycles. The van der Waals surface area contributed by atoms with Gasteiger partial charge >= 0.3 is 5.79 Å². The van der Waals surface area contributed by atoms with E-state index in [1.165, 1.54) is 0 Å². The van der Waals surface area contributed by atoms with Gasteiger partial charge in [-0.05, 0) is 37.5 Å². The third-order valence-electron chi connectivity index (χ3n) is 4.39. The predicted octanol–water partition coefficient (Wildman–Crippen LogP) is 0.553. The summed E-state index contributed by atoms with van der Waals surface area (Å²) in [6.07, 6.45) is 1.17. The molecular formula is C9H12N4O8. The largest absolute Gasteiger partial charge is 0.712 e. The molecule has 2 rings (SSSR count). The highest BCUT2D eigenvalue weighted by atomic mass is 16.7. The van der Waals surface area contributed by atoms with Crippen molar-refractivity contribution in [3.8, 4) is 0 Å². The Morgan fingerprint density at radius 3 is 1.29 bits per heavy atom. The fourth-order valence-corrected chi connectivity index (χ4v) is 3.37. The normalized spacial score (nSPS) is 19.0. The molecule has 12 heteroatoms. The van der Waals surface area contributed by atoms with Crippen LogP contribution in [0.5, 0.6) is 0 Å². The Bertz CT molecular complexity index is 478. The van der Waals surface area contributed by atoms with E-state index in [0.29, 0.717) is 25.7 Å².